The number of aromatic hydroxyl groups is 1. The first kappa shape index (κ1) is 16.5. The minimum Gasteiger partial charge on any atom is -0.507 e. The molecular formula is C11H15NO7S. The highest BCUT2D eigenvalue weighted by atomic mass is 32.2. The summed E-state index contributed by atoms with van der Waals surface area (Å²) in [6, 6.07) is 3.01. The second kappa shape index (κ2) is 6.29. The summed E-state index contributed by atoms with van der Waals surface area (Å²) < 4.78 is 30.8. The largest absolute Gasteiger partial charge is 0.507 e. The van der Waals surface area contributed by atoms with Crippen molar-refractivity contribution in [2.75, 3.05) is 19.8 Å². The number of aliphatic imine (C=N–C) groups is 1. The van der Waals surface area contributed by atoms with Crippen molar-refractivity contribution in [3.05, 3.63) is 23.8 Å². The second-order valence-electron chi connectivity index (χ2n) is 4.15. The van der Waals surface area contributed by atoms with Crippen molar-refractivity contribution in [3.63, 3.8) is 0 Å². The maximum absolute atomic E-state index is 11.0. The Morgan fingerprint density at radius 1 is 1.15 bits per heavy atom. The van der Waals surface area contributed by atoms with Gasteiger partial charge in [-0.2, -0.15) is 8.42 Å². The number of phenolic OH excluding ortho intramolecular Hbond substituents is 1. The van der Waals surface area contributed by atoms with Gasteiger partial charge in [-0.25, -0.2) is 0 Å². The third-order valence-corrected chi connectivity index (χ3v) is 3.51. The summed E-state index contributed by atoms with van der Waals surface area (Å²) >= 11 is 0. The molecule has 1 aromatic rings. The number of hydrogen-bond donors (Lipinski definition) is 5. The van der Waals surface area contributed by atoms with Crippen molar-refractivity contribution in [1.29, 1.82) is 0 Å². The van der Waals surface area contributed by atoms with E-state index >= 15 is 0 Å². The Morgan fingerprint density at radius 2 is 1.70 bits per heavy atom. The van der Waals surface area contributed by atoms with Crippen molar-refractivity contribution in [1.82, 2.24) is 0 Å². The highest BCUT2D eigenvalue weighted by molar-refractivity contribution is 7.85. The van der Waals surface area contributed by atoms with Gasteiger partial charge in [-0.15, -0.1) is 0 Å². The molecule has 0 saturated carbocycles. The molecule has 0 aromatic heterocycles. The summed E-state index contributed by atoms with van der Waals surface area (Å²) in [5.41, 5.74) is -1.60. The van der Waals surface area contributed by atoms with Gasteiger partial charge in [0, 0.05) is 11.8 Å². The van der Waals surface area contributed by atoms with Crippen LogP contribution in [0, 0.1) is 0 Å². The minimum absolute atomic E-state index is 0.0557. The van der Waals surface area contributed by atoms with E-state index < -0.39 is 40.4 Å². The molecule has 0 fully saturated rings. The van der Waals surface area contributed by atoms with E-state index in [1.807, 2.05) is 0 Å². The van der Waals surface area contributed by atoms with Crippen molar-refractivity contribution < 1.29 is 33.4 Å². The fourth-order valence-corrected chi connectivity index (χ4v) is 1.79. The molecule has 0 aliphatic carbocycles. The van der Waals surface area contributed by atoms with E-state index in [2.05, 4.69) is 4.99 Å². The van der Waals surface area contributed by atoms with Gasteiger partial charge < -0.3 is 20.4 Å². The van der Waals surface area contributed by atoms with Crippen molar-refractivity contribution in [3.8, 4) is 5.75 Å². The molecule has 0 atom stereocenters. The zero-order valence-corrected chi connectivity index (χ0v) is 11.2. The molecule has 0 bridgehead atoms. The molecule has 8 nitrogen and oxygen atoms in total. The van der Waals surface area contributed by atoms with Crippen LogP contribution in [0.5, 0.6) is 5.75 Å². The molecule has 1 aromatic carbocycles. The van der Waals surface area contributed by atoms with Gasteiger partial charge in [-0.1, -0.05) is 0 Å². The van der Waals surface area contributed by atoms with Gasteiger partial charge >= 0.3 is 0 Å². The van der Waals surface area contributed by atoms with Crippen molar-refractivity contribution >= 4 is 16.3 Å². The maximum Gasteiger partial charge on any atom is 0.294 e. The Kier molecular flexibility index (Phi) is 5.20. The lowest BCUT2D eigenvalue weighted by Crippen LogP contribution is -2.39. The summed E-state index contributed by atoms with van der Waals surface area (Å²) in [4.78, 5) is 3.31. The van der Waals surface area contributed by atoms with Crippen LogP contribution in [0.15, 0.2) is 28.1 Å². The Morgan fingerprint density at radius 3 is 2.15 bits per heavy atom. The average molecular weight is 305 g/mol. The van der Waals surface area contributed by atoms with Crippen LogP contribution in [0.1, 0.15) is 5.56 Å². The zero-order chi connectivity index (χ0) is 15.4. The first-order valence-electron chi connectivity index (χ1n) is 5.46. The smallest absolute Gasteiger partial charge is 0.294 e. The second-order valence-corrected chi connectivity index (χ2v) is 5.57. The van der Waals surface area contributed by atoms with Crippen LogP contribution >= 0.6 is 0 Å². The topological polar surface area (TPSA) is 148 Å². The normalized spacial score (nSPS) is 13.0. The Hall–Kier alpha value is -1.52. The van der Waals surface area contributed by atoms with Crippen LogP contribution in [0.3, 0.4) is 0 Å². The molecule has 0 aliphatic rings. The fraction of sp³-hybridized carbons (Fsp3) is 0.364. The summed E-state index contributed by atoms with van der Waals surface area (Å²) in [5.74, 6) is -0.316. The number of aliphatic hydroxyl groups is 3. The number of rotatable bonds is 6. The van der Waals surface area contributed by atoms with E-state index in [1.165, 1.54) is 0 Å². The molecule has 0 radical (unpaired) electrons. The Balaban J connectivity index is 3.21. The van der Waals surface area contributed by atoms with Crippen LogP contribution in [0.2, 0.25) is 0 Å². The van der Waals surface area contributed by atoms with Gasteiger partial charge in [0.15, 0.2) is 0 Å². The third-order valence-electron chi connectivity index (χ3n) is 2.66. The Labute approximate surface area is 115 Å². The highest BCUT2D eigenvalue weighted by Crippen LogP contribution is 2.20. The van der Waals surface area contributed by atoms with E-state index in [4.69, 9.17) is 19.9 Å². The molecule has 0 spiro atoms. The number of benzene rings is 1. The summed E-state index contributed by atoms with van der Waals surface area (Å²) in [5, 5.41) is 36.8. The van der Waals surface area contributed by atoms with Crippen molar-refractivity contribution in [2.45, 2.75) is 10.4 Å². The summed E-state index contributed by atoms with van der Waals surface area (Å²) in [7, 11) is -4.43. The number of aliphatic hydroxyl groups excluding tert-OH is 3. The van der Waals surface area contributed by atoms with Crippen LogP contribution in [0.4, 0.5) is 0 Å². The molecule has 112 valence electrons. The van der Waals surface area contributed by atoms with Crippen LogP contribution in [-0.4, -0.2) is 65.0 Å². The quantitative estimate of drug-likeness (QED) is 0.326. The summed E-state index contributed by atoms with van der Waals surface area (Å²) in [6.45, 7) is -1.93. The Bertz CT molecular complexity index is 585. The van der Waals surface area contributed by atoms with Gasteiger partial charge in [-0.3, -0.25) is 9.55 Å². The molecule has 1 rings (SSSR count). The molecule has 20 heavy (non-hydrogen) atoms. The fourth-order valence-electron chi connectivity index (χ4n) is 1.28. The molecule has 0 amide bonds. The lowest BCUT2D eigenvalue weighted by atomic mass is 10.0. The average Bonchev–Trinajstić information content (AvgIpc) is 2.41. The number of hydrogen-bond acceptors (Lipinski definition) is 7. The predicted molar refractivity (Wildman–Crippen MR) is 69.5 cm³/mol. The zero-order valence-electron chi connectivity index (χ0n) is 10.3. The van der Waals surface area contributed by atoms with Gasteiger partial charge in [0.05, 0.1) is 24.7 Å². The van der Waals surface area contributed by atoms with Crippen LogP contribution < -0.4 is 0 Å². The van der Waals surface area contributed by atoms with E-state index in [0.29, 0.717) is 0 Å². The van der Waals surface area contributed by atoms with E-state index in [1.54, 1.807) is 0 Å². The first-order valence-corrected chi connectivity index (χ1v) is 6.90. The lowest BCUT2D eigenvalue weighted by molar-refractivity contribution is 0.0718. The van der Waals surface area contributed by atoms with E-state index in [9.17, 15) is 13.5 Å². The van der Waals surface area contributed by atoms with Crippen LogP contribution in [0.25, 0.3) is 0 Å². The van der Waals surface area contributed by atoms with Gasteiger partial charge in [0.25, 0.3) is 10.1 Å². The van der Waals surface area contributed by atoms with Gasteiger partial charge in [0.1, 0.15) is 11.3 Å². The molecule has 5 N–H and O–H groups in total. The SMILES string of the molecule is O=S(=O)(O)c1ccc(O)c(C=NC(CO)(CO)CO)c1. The standard InChI is InChI=1S/C11H15NO7S/c13-5-11(6-14,7-15)12-4-8-3-9(20(17,18)19)1-2-10(8)16/h1-4,13-16H,5-7H2,(H,17,18,19). The molecule has 0 heterocycles. The van der Waals surface area contributed by atoms with Gasteiger partial charge in [0.2, 0.25) is 0 Å². The predicted octanol–water partition coefficient (Wildman–Crippen LogP) is -1.23. The lowest BCUT2D eigenvalue weighted by Gasteiger charge is -2.22. The molecular weight excluding hydrogens is 290 g/mol. The van der Waals surface area contributed by atoms with Crippen molar-refractivity contribution in [2.24, 2.45) is 4.99 Å². The maximum atomic E-state index is 11.0. The van der Waals surface area contributed by atoms with E-state index in [-0.39, 0.29) is 11.3 Å². The first-order chi connectivity index (χ1) is 9.28. The minimum atomic E-state index is -4.43. The molecule has 0 aliphatic heterocycles. The highest BCUT2D eigenvalue weighted by Gasteiger charge is 2.26. The number of phenols is 1. The molecule has 0 unspecified atom stereocenters. The number of nitrogens with zero attached hydrogens (tertiary/aromatic N) is 1. The van der Waals surface area contributed by atoms with Crippen LogP contribution in [-0.2, 0) is 10.1 Å². The van der Waals surface area contributed by atoms with E-state index in [0.717, 1.165) is 24.4 Å². The molecule has 0 saturated heterocycles. The monoisotopic (exact) mass is 305 g/mol. The molecule has 9 heteroatoms. The third kappa shape index (κ3) is 3.74. The summed E-state index contributed by atoms with van der Waals surface area (Å²) in [6.07, 6.45) is 0.993. The van der Waals surface area contributed by atoms with Gasteiger partial charge in [-0.05, 0) is 18.2 Å².